The number of aliphatic hydroxyl groups excluding tert-OH is 2. The van der Waals surface area contributed by atoms with Gasteiger partial charge in [-0.3, -0.25) is 9.59 Å². The molecule has 0 aromatic rings. The molecule has 2 atom stereocenters. The average Bonchev–Trinajstić information content (AvgIpc) is 2.24. The summed E-state index contributed by atoms with van der Waals surface area (Å²) >= 11 is 0. The Hall–Kier alpha value is -1.18. The third-order valence-electron chi connectivity index (χ3n) is 1.63. The smallest absolute Gasteiger partial charge is 0.303 e. The Balaban J connectivity index is 3.65. The van der Waals surface area contributed by atoms with Crippen LogP contribution in [0.1, 0.15) is 13.8 Å². The van der Waals surface area contributed by atoms with Crippen molar-refractivity contribution in [2.75, 3.05) is 26.4 Å². The second-order valence-electron chi connectivity index (χ2n) is 3.41. The van der Waals surface area contributed by atoms with E-state index in [1.165, 1.54) is 13.8 Å². The Labute approximate surface area is 99.3 Å². The lowest BCUT2D eigenvalue weighted by molar-refractivity contribution is -0.154. The van der Waals surface area contributed by atoms with Crippen LogP contribution in [0, 0.1) is 0 Å². The van der Waals surface area contributed by atoms with E-state index in [-0.39, 0.29) is 26.4 Å². The molecule has 2 unspecified atom stereocenters. The molecule has 0 amide bonds. The summed E-state index contributed by atoms with van der Waals surface area (Å²) < 4.78 is 14.3. The van der Waals surface area contributed by atoms with Crippen molar-refractivity contribution in [2.45, 2.75) is 26.1 Å². The zero-order valence-electron chi connectivity index (χ0n) is 9.92. The third kappa shape index (κ3) is 9.73. The van der Waals surface area contributed by atoms with E-state index in [9.17, 15) is 14.7 Å². The predicted molar refractivity (Wildman–Crippen MR) is 56.1 cm³/mol. The van der Waals surface area contributed by atoms with E-state index in [4.69, 9.17) is 14.6 Å². The summed E-state index contributed by atoms with van der Waals surface area (Å²) in [5.41, 5.74) is 0. The summed E-state index contributed by atoms with van der Waals surface area (Å²) in [6, 6.07) is 0. The first kappa shape index (κ1) is 15.8. The molecule has 0 radical (unpaired) electrons. The van der Waals surface area contributed by atoms with E-state index in [1.807, 2.05) is 0 Å². The Kier molecular flexibility index (Phi) is 8.29. The molecule has 0 aliphatic heterocycles. The van der Waals surface area contributed by atoms with Crippen LogP contribution in [0.3, 0.4) is 0 Å². The first-order chi connectivity index (χ1) is 7.95. The van der Waals surface area contributed by atoms with Crippen LogP contribution in [0.25, 0.3) is 0 Å². The molecule has 2 N–H and O–H groups in total. The molecule has 0 aliphatic rings. The molecule has 0 aliphatic carbocycles. The van der Waals surface area contributed by atoms with Crippen LogP contribution in [0.15, 0.2) is 0 Å². The maximum Gasteiger partial charge on any atom is 0.303 e. The molecular formula is C10H18O7. The van der Waals surface area contributed by atoms with Gasteiger partial charge in [-0.05, 0) is 0 Å². The van der Waals surface area contributed by atoms with Gasteiger partial charge in [0.15, 0.2) is 0 Å². The molecule has 7 nitrogen and oxygen atoms in total. The minimum Gasteiger partial charge on any atom is -0.463 e. The number of carbonyl (C=O) groups is 2. The van der Waals surface area contributed by atoms with Crippen molar-refractivity contribution >= 4 is 11.9 Å². The Morgan fingerprint density at radius 3 is 2.24 bits per heavy atom. The van der Waals surface area contributed by atoms with Gasteiger partial charge in [0.1, 0.15) is 18.8 Å². The van der Waals surface area contributed by atoms with E-state index in [0.29, 0.717) is 0 Å². The maximum absolute atomic E-state index is 10.6. The van der Waals surface area contributed by atoms with Gasteiger partial charge in [-0.15, -0.1) is 0 Å². The van der Waals surface area contributed by atoms with Crippen molar-refractivity contribution < 1.29 is 34.0 Å². The lowest BCUT2D eigenvalue weighted by Gasteiger charge is -2.16. The van der Waals surface area contributed by atoms with Crippen LogP contribution < -0.4 is 0 Å². The lowest BCUT2D eigenvalue weighted by atomic mass is 10.4. The SMILES string of the molecule is CC(=O)OCC(O)COCC(CO)OC(C)=O. The molecular weight excluding hydrogens is 232 g/mol. The molecule has 0 spiro atoms. The summed E-state index contributed by atoms with van der Waals surface area (Å²) in [7, 11) is 0. The second-order valence-corrected chi connectivity index (χ2v) is 3.41. The Morgan fingerprint density at radius 1 is 1.12 bits per heavy atom. The number of rotatable bonds is 8. The molecule has 0 fully saturated rings. The van der Waals surface area contributed by atoms with Crippen LogP contribution in [0.4, 0.5) is 0 Å². The Morgan fingerprint density at radius 2 is 1.76 bits per heavy atom. The number of carbonyl (C=O) groups excluding carboxylic acids is 2. The van der Waals surface area contributed by atoms with Crippen molar-refractivity contribution in [3.8, 4) is 0 Å². The van der Waals surface area contributed by atoms with E-state index in [2.05, 4.69) is 4.74 Å². The molecule has 0 saturated heterocycles. The monoisotopic (exact) mass is 250 g/mol. The highest BCUT2D eigenvalue weighted by molar-refractivity contribution is 5.66. The topological polar surface area (TPSA) is 102 Å². The van der Waals surface area contributed by atoms with Crippen molar-refractivity contribution in [2.24, 2.45) is 0 Å². The van der Waals surface area contributed by atoms with Gasteiger partial charge in [0.2, 0.25) is 0 Å². The number of hydrogen-bond donors (Lipinski definition) is 2. The van der Waals surface area contributed by atoms with Crippen LogP contribution >= 0.6 is 0 Å². The van der Waals surface area contributed by atoms with Gasteiger partial charge in [-0.25, -0.2) is 0 Å². The number of esters is 2. The van der Waals surface area contributed by atoms with E-state index >= 15 is 0 Å². The average molecular weight is 250 g/mol. The zero-order chi connectivity index (χ0) is 13.3. The van der Waals surface area contributed by atoms with E-state index in [0.717, 1.165) is 0 Å². The predicted octanol–water partition coefficient (Wildman–Crippen LogP) is -1.15. The molecule has 0 saturated carbocycles. The second kappa shape index (κ2) is 8.91. The van der Waals surface area contributed by atoms with Gasteiger partial charge in [0.05, 0.1) is 19.8 Å². The lowest BCUT2D eigenvalue weighted by Crippen LogP contribution is -2.29. The molecule has 17 heavy (non-hydrogen) atoms. The quantitative estimate of drug-likeness (QED) is 0.524. The standard InChI is InChI=1S/C10H18O7/c1-7(12)16-5-9(14)4-15-6-10(3-11)17-8(2)13/h9-11,14H,3-6H2,1-2H3. The third-order valence-corrected chi connectivity index (χ3v) is 1.63. The highest BCUT2D eigenvalue weighted by atomic mass is 16.6. The molecule has 7 heteroatoms. The minimum absolute atomic E-state index is 0.0345. The molecule has 0 heterocycles. The van der Waals surface area contributed by atoms with Crippen LogP contribution in [0.2, 0.25) is 0 Å². The van der Waals surface area contributed by atoms with Crippen molar-refractivity contribution in [1.29, 1.82) is 0 Å². The fourth-order valence-electron chi connectivity index (χ4n) is 0.956. The van der Waals surface area contributed by atoms with Crippen LogP contribution in [-0.2, 0) is 23.8 Å². The van der Waals surface area contributed by atoms with Crippen molar-refractivity contribution in [3.63, 3.8) is 0 Å². The zero-order valence-corrected chi connectivity index (χ0v) is 9.92. The normalized spacial score (nSPS) is 13.9. The molecule has 100 valence electrons. The highest BCUT2D eigenvalue weighted by Crippen LogP contribution is 1.95. The fraction of sp³-hybridized carbons (Fsp3) is 0.800. The first-order valence-corrected chi connectivity index (χ1v) is 5.13. The first-order valence-electron chi connectivity index (χ1n) is 5.13. The number of hydrogen-bond acceptors (Lipinski definition) is 7. The molecule has 0 aromatic carbocycles. The molecule has 0 bridgehead atoms. The molecule has 0 aromatic heterocycles. The largest absolute Gasteiger partial charge is 0.463 e. The van der Waals surface area contributed by atoms with E-state index < -0.39 is 24.1 Å². The fourth-order valence-corrected chi connectivity index (χ4v) is 0.956. The summed E-state index contributed by atoms with van der Waals surface area (Å²) in [6.07, 6.45) is -1.70. The van der Waals surface area contributed by atoms with Gasteiger partial charge in [0, 0.05) is 13.8 Å². The number of aliphatic hydroxyl groups is 2. The minimum atomic E-state index is -0.949. The summed E-state index contributed by atoms with van der Waals surface area (Å²) in [5, 5.41) is 18.1. The van der Waals surface area contributed by atoms with Gasteiger partial charge in [0.25, 0.3) is 0 Å². The van der Waals surface area contributed by atoms with Gasteiger partial charge < -0.3 is 24.4 Å². The Bertz CT molecular complexity index is 241. The summed E-state index contributed by atoms with van der Waals surface area (Å²) in [4.78, 5) is 21.0. The highest BCUT2D eigenvalue weighted by Gasteiger charge is 2.13. The summed E-state index contributed by atoms with van der Waals surface area (Å²) in [6.45, 7) is 1.82. The van der Waals surface area contributed by atoms with Gasteiger partial charge in [-0.2, -0.15) is 0 Å². The van der Waals surface area contributed by atoms with E-state index in [1.54, 1.807) is 0 Å². The number of ether oxygens (including phenoxy) is 3. The maximum atomic E-state index is 10.6. The van der Waals surface area contributed by atoms with Crippen LogP contribution in [0.5, 0.6) is 0 Å². The van der Waals surface area contributed by atoms with Crippen molar-refractivity contribution in [1.82, 2.24) is 0 Å². The van der Waals surface area contributed by atoms with Crippen LogP contribution in [-0.4, -0.2) is 60.8 Å². The molecule has 0 rings (SSSR count). The van der Waals surface area contributed by atoms with Crippen molar-refractivity contribution in [3.05, 3.63) is 0 Å². The van der Waals surface area contributed by atoms with Gasteiger partial charge in [-0.1, -0.05) is 0 Å². The van der Waals surface area contributed by atoms with Gasteiger partial charge >= 0.3 is 11.9 Å². The summed E-state index contributed by atoms with van der Waals surface area (Å²) in [5.74, 6) is -1.01.